The topological polar surface area (TPSA) is 66.0 Å². The number of nitrogens with zero attached hydrogens (tertiary/aromatic N) is 4. The van der Waals surface area contributed by atoms with Gasteiger partial charge in [-0.1, -0.05) is 0 Å². The van der Waals surface area contributed by atoms with E-state index in [9.17, 15) is 8.42 Å². The van der Waals surface area contributed by atoms with Gasteiger partial charge in [-0.15, -0.1) is 0 Å². The van der Waals surface area contributed by atoms with Gasteiger partial charge in [-0.25, -0.2) is 13.4 Å². The Hall–Kier alpha value is -1.22. The molecule has 24 heavy (non-hydrogen) atoms. The smallest absolute Gasteiger partial charge is 0.244 e. The molecule has 0 aromatic carbocycles. The van der Waals surface area contributed by atoms with E-state index in [1.54, 1.807) is 16.4 Å². The van der Waals surface area contributed by atoms with E-state index in [-0.39, 0.29) is 11.0 Å². The number of pyridine rings is 1. The number of sulfonamides is 1. The van der Waals surface area contributed by atoms with E-state index in [4.69, 9.17) is 4.74 Å². The maximum atomic E-state index is 12.5. The molecule has 2 aliphatic rings. The van der Waals surface area contributed by atoms with Crippen LogP contribution in [0.2, 0.25) is 0 Å². The van der Waals surface area contributed by atoms with Gasteiger partial charge < -0.3 is 14.5 Å². The number of hydrogen-bond acceptors (Lipinski definition) is 6. The van der Waals surface area contributed by atoms with Crippen LogP contribution in [0.1, 0.15) is 12.8 Å². The van der Waals surface area contributed by atoms with E-state index in [0.717, 1.165) is 38.3 Å². The predicted molar refractivity (Wildman–Crippen MR) is 92.7 cm³/mol. The van der Waals surface area contributed by atoms with Crippen molar-refractivity contribution in [3.63, 3.8) is 0 Å². The van der Waals surface area contributed by atoms with Gasteiger partial charge in [0.1, 0.15) is 10.7 Å². The molecule has 3 rings (SSSR count). The fraction of sp³-hybridized carbons (Fsp3) is 0.688. The van der Waals surface area contributed by atoms with Gasteiger partial charge in [0.25, 0.3) is 0 Å². The molecule has 0 bridgehead atoms. The molecular weight excluding hydrogens is 328 g/mol. The molecule has 1 aromatic rings. The monoisotopic (exact) mass is 354 g/mol. The van der Waals surface area contributed by atoms with Gasteiger partial charge in [-0.05, 0) is 39.1 Å². The largest absolute Gasteiger partial charge is 0.373 e. The van der Waals surface area contributed by atoms with Gasteiger partial charge in [0.2, 0.25) is 10.0 Å². The second kappa shape index (κ2) is 7.35. The lowest BCUT2D eigenvalue weighted by Crippen LogP contribution is -2.46. The van der Waals surface area contributed by atoms with Crippen molar-refractivity contribution in [2.24, 2.45) is 0 Å². The summed E-state index contributed by atoms with van der Waals surface area (Å²) in [5.41, 5.74) is 0. The van der Waals surface area contributed by atoms with Crippen LogP contribution < -0.4 is 4.90 Å². The average Bonchev–Trinajstić information content (AvgIpc) is 3.10. The standard InChI is InChI=1S/C16H26N4O3S/c1-18(2)12-14-13-19(9-10-23-14)16-6-5-15(11-17-16)24(21,22)20-7-3-4-8-20/h5-6,11,14H,3-4,7-10,12-13H2,1-2H3. The number of rotatable bonds is 5. The minimum atomic E-state index is -3.39. The molecule has 1 aromatic heterocycles. The molecule has 2 aliphatic heterocycles. The molecule has 0 saturated carbocycles. The second-order valence-corrected chi connectivity index (χ2v) is 8.60. The van der Waals surface area contributed by atoms with Crippen molar-refractivity contribution in [3.8, 4) is 0 Å². The third-order valence-electron chi connectivity index (χ3n) is 4.46. The molecule has 1 unspecified atom stereocenters. The molecular formula is C16H26N4O3S. The summed E-state index contributed by atoms with van der Waals surface area (Å²) < 4.78 is 32.4. The highest BCUT2D eigenvalue weighted by molar-refractivity contribution is 7.89. The molecule has 2 fully saturated rings. The third-order valence-corrected chi connectivity index (χ3v) is 6.34. The van der Waals surface area contributed by atoms with Crippen molar-refractivity contribution < 1.29 is 13.2 Å². The summed E-state index contributed by atoms with van der Waals surface area (Å²) in [5.74, 6) is 0.808. The van der Waals surface area contributed by atoms with Crippen LogP contribution in [0.25, 0.3) is 0 Å². The molecule has 0 aliphatic carbocycles. The first-order chi connectivity index (χ1) is 11.5. The summed E-state index contributed by atoms with van der Waals surface area (Å²) in [4.78, 5) is 8.95. The number of anilines is 1. The minimum Gasteiger partial charge on any atom is -0.373 e. The summed E-state index contributed by atoms with van der Waals surface area (Å²) in [6.45, 7) is 4.28. The molecule has 3 heterocycles. The lowest BCUT2D eigenvalue weighted by atomic mass is 10.2. The van der Waals surface area contributed by atoms with E-state index in [2.05, 4.69) is 14.8 Å². The Kier molecular flexibility index (Phi) is 5.39. The normalized spacial score (nSPS) is 23.1. The maximum absolute atomic E-state index is 12.5. The number of ether oxygens (including phenoxy) is 1. The van der Waals surface area contributed by atoms with Crippen molar-refractivity contribution in [2.75, 3.05) is 58.3 Å². The molecule has 8 heteroatoms. The van der Waals surface area contributed by atoms with Crippen LogP contribution in [-0.4, -0.2) is 82.1 Å². The zero-order chi connectivity index (χ0) is 17.2. The summed E-state index contributed by atoms with van der Waals surface area (Å²) >= 11 is 0. The van der Waals surface area contributed by atoms with Crippen molar-refractivity contribution in [3.05, 3.63) is 18.3 Å². The Bertz CT molecular complexity index is 642. The van der Waals surface area contributed by atoms with Crippen molar-refractivity contribution in [2.45, 2.75) is 23.8 Å². The summed E-state index contributed by atoms with van der Waals surface area (Å²) in [6.07, 6.45) is 3.50. The first-order valence-electron chi connectivity index (χ1n) is 8.44. The van der Waals surface area contributed by atoms with E-state index in [0.29, 0.717) is 19.7 Å². The maximum Gasteiger partial charge on any atom is 0.244 e. The van der Waals surface area contributed by atoms with E-state index >= 15 is 0 Å². The van der Waals surface area contributed by atoms with E-state index in [1.165, 1.54) is 6.20 Å². The van der Waals surface area contributed by atoms with Crippen molar-refractivity contribution in [1.29, 1.82) is 0 Å². The number of morpholine rings is 1. The summed E-state index contributed by atoms with van der Waals surface area (Å²) in [7, 11) is 0.661. The van der Waals surface area contributed by atoms with Gasteiger partial charge in [0.15, 0.2) is 0 Å². The molecule has 0 N–H and O–H groups in total. The molecule has 2 saturated heterocycles. The second-order valence-electron chi connectivity index (χ2n) is 6.66. The molecule has 0 amide bonds. The first kappa shape index (κ1) is 17.6. The van der Waals surface area contributed by atoms with Crippen LogP contribution in [0.3, 0.4) is 0 Å². The highest BCUT2D eigenvalue weighted by atomic mass is 32.2. The van der Waals surface area contributed by atoms with Gasteiger partial charge in [-0.3, -0.25) is 0 Å². The first-order valence-corrected chi connectivity index (χ1v) is 9.88. The van der Waals surface area contributed by atoms with Gasteiger partial charge in [0, 0.05) is 38.9 Å². The molecule has 0 radical (unpaired) electrons. The fourth-order valence-corrected chi connectivity index (χ4v) is 4.70. The van der Waals surface area contributed by atoms with E-state index < -0.39 is 10.0 Å². The summed E-state index contributed by atoms with van der Waals surface area (Å²) in [5, 5.41) is 0. The Morgan fingerprint density at radius 3 is 2.62 bits per heavy atom. The molecule has 1 atom stereocenters. The fourth-order valence-electron chi connectivity index (χ4n) is 3.23. The zero-order valence-corrected chi connectivity index (χ0v) is 15.2. The lowest BCUT2D eigenvalue weighted by molar-refractivity contribution is 0.0245. The van der Waals surface area contributed by atoms with Crippen LogP contribution in [0, 0.1) is 0 Å². The number of hydrogen-bond donors (Lipinski definition) is 0. The quantitative estimate of drug-likeness (QED) is 0.773. The highest BCUT2D eigenvalue weighted by Crippen LogP contribution is 2.22. The molecule has 0 spiro atoms. The number of aromatic nitrogens is 1. The van der Waals surface area contributed by atoms with Crippen molar-refractivity contribution in [1.82, 2.24) is 14.2 Å². The zero-order valence-electron chi connectivity index (χ0n) is 14.4. The predicted octanol–water partition coefficient (Wildman–Crippen LogP) is 0.633. The third kappa shape index (κ3) is 3.88. The SMILES string of the molecule is CN(C)CC1CN(c2ccc(S(=O)(=O)N3CCCC3)cn2)CCO1. The highest BCUT2D eigenvalue weighted by Gasteiger charge is 2.28. The Morgan fingerprint density at radius 1 is 1.25 bits per heavy atom. The molecule has 134 valence electrons. The van der Waals surface area contributed by atoms with Gasteiger partial charge in [0.05, 0.1) is 12.7 Å². The van der Waals surface area contributed by atoms with Crippen molar-refractivity contribution >= 4 is 15.8 Å². The molecule has 7 nitrogen and oxygen atoms in total. The van der Waals surface area contributed by atoms with Crippen LogP contribution >= 0.6 is 0 Å². The van der Waals surface area contributed by atoms with Crippen LogP contribution in [0.15, 0.2) is 23.2 Å². The Balaban J connectivity index is 1.70. The van der Waals surface area contributed by atoms with Crippen LogP contribution in [0.5, 0.6) is 0 Å². The lowest BCUT2D eigenvalue weighted by Gasteiger charge is -2.35. The Labute approximate surface area is 144 Å². The van der Waals surface area contributed by atoms with Gasteiger partial charge >= 0.3 is 0 Å². The van der Waals surface area contributed by atoms with Crippen LogP contribution in [0.4, 0.5) is 5.82 Å². The van der Waals surface area contributed by atoms with Crippen LogP contribution in [-0.2, 0) is 14.8 Å². The van der Waals surface area contributed by atoms with Gasteiger partial charge in [-0.2, -0.15) is 4.31 Å². The minimum absolute atomic E-state index is 0.142. The Morgan fingerprint density at radius 2 is 2.00 bits per heavy atom. The summed E-state index contributed by atoms with van der Waals surface area (Å²) in [6, 6.07) is 3.48. The van der Waals surface area contributed by atoms with E-state index in [1.807, 2.05) is 14.1 Å². The average molecular weight is 354 g/mol. The number of likely N-dealkylation sites (N-methyl/N-ethyl adjacent to an activating group) is 1.